The fourth-order valence-electron chi connectivity index (χ4n) is 2.39. The molecule has 0 radical (unpaired) electrons. The summed E-state index contributed by atoms with van der Waals surface area (Å²) in [6.07, 6.45) is 2.42. The van der Waals surface area contributed by atoms with Crippen LogP contribution in [-0.2, 0) is 11.2 Å². The average Bonchev–Trinajstić information content (AvgIpc) is 2.60. The molecule has 5 N–H and O–H groups in total. The van der Waals surface area contributed by atoms with Gasteiger partial charge >= 0.3 is 5.97 Å². The lowest BCUT2D eigenvalue weighted by molar-refractivity contribution is -0.137. The Hall–Kier alpha value is -3.23. The lowest BCUT2D eigenvalue weighted by atomic mass is 10.1. The molecule has 1 aromatic heterocycles. The minimum absolute atomic E-state index is 0.0262. The number of carbonyl (C=O) groups is 1. The Morgan fingerprint density at radius 3 is 2.54 bits per heavy atom. The van der Waals surface area contributed by atoms with Gasteiger partial charge in [-0.3, -0.25) is 4.79 Å². The Morgan fingerprint density at radius 1 is 1.19 bits per heavy atom. The van der Waals surface area contributed by atoms with E-state index in [1.165, 1.54) is 14.2 Å². The largest absolute Gasteiger partial charge is 0.493 e. The first-order valence-corrected chi connectivity index (χ1v) is 7.91. The van der Waals surface area contributed by atoms with Gasteiger partial charge in [-0.05, 0) is 24.1 Å². The van der Waals surface area contributed by atoms with Gasteiger partial charge in [0.2, 0.25) is 11.7 Å². The van der Waals surface area contributed by atoms with E-state index in [4.69, 9.17) is 30.8 Å². The number of aromatic nitrogens is 2. The van der Waals surface area contributed by atoms with E-state index in [1.54, 1.807) is 18.3 Å². The maximum atomic E-state index is 10.6. The van der Waals surface area contributed by atoms with E-state index >= 15 is 0 Å². The summed E-state index contributed by atoms with van der Waals surface area (Å²) in [5.74, 6) is 0.936. The molecule has 1 heterocycles. The first-order chi connectivity index (χ1) is 12.4. The summed E-state index contributed by atoms with van der Waals surface area (Å²) in [5, 5.41) is 8.71. The van der Waals surface area contributed by atoms with Crippen molar-refractivity contribution >= 4 is 17.7 Å². The van der Waals surface area contributed by atoms with Crippen LogP contribution in [0.1, 0.15) is 24.0 Å². The third-order valence-electron chi connectivity index (χ3n) is 3.61. The predicted octanol–water partition coefficient (Wildman–Crippen LogP) is 1.49. The minimum Gasteiger partial charge on any atom is -0.493 e. The van der Waals surface area contributed by atoms with Crippen LogP contribution in [0.2, 0.25) is 0 Å². The molecule has 26 heavy (non-hydrogen) atoms. The maximum Gasteiger partial charge on any atom is 0.303 e. The van der Waals surface area contributed by atoms with Crippen LogP contribution in [0.4, 0.5) is 11.8 Å². The highest BCUT2D eigenvalue weighted by Crippen LogP contribution is 2.39. The zero-order valence-corrected chi connectivity index (χ0v) is 14.7. The normalized spacial score (nSPS) is 10.4. The summed E-state index contributed by atoms with van der Waals surface area (Å²) in [6, 6.07) is 3.59. The van der Waals surface area contributed by atoms with Gasteiger partial charge in [-0.1, -0.05) is 0 Å². The lowest BCUT2D eigenvalue weighted by Gasteiger charge is -2.16. The maximum absolute atomic E-state index is 10.6. The van der Waals surface area contributed by atoms with Gasteiger partial charge in [-0.2, -0.15) is 4.98 Å². The second-order valence-corrected chi connectivity index (χ2v) is 5.49. The zero-order valence-electron chi connectivity index (χ0n) is 14.7. The van der Waals surface area contributed by atoms with Crippen LogP contribution in [0, 0.1) is 0 Å². The van der Waals surface area contributed by atoms with E-state index in [9.17, 15) is 4.79 Å². The molecule has 2 rings (SSSR count). The van der Waals surface area contributed by atoms with Gasteiger partial charge in [0.05, 0.1) is 20.8 Å². The Kier molecular flexibility index (Phi) is 6.42. The standard InChI is InChI=1S/C17H22N4O5/c1-24-12-7-10(6-11-9-20-17(19)21-16(11)18)8-13(15(12)25-2)26-5-3-4-14(22)23/h7-9H,3-6H2,1-2H3,(H,22,23)(H4,18,19,20,21). The van der Waals surface area contributed by atoms with Gasteiger partial charge in [0, 0.05) is 24.6 Å². The van der Waals surface area contributed by atoms with Crippen LogP contribution in [-0.4, -0.2) is 41.9 Å². The minimum atomic E-state index is -0.870. The van der Waals surface area contributed by atoms with Gasteiger partial charge in [0.25, 0.3) is 0 Å². The molecule has 9 nitrogen and oxygen atoms in total. The molecule has 9 heteroatoms. The number of anilines is 2. The second kappa shape index (κ2) is 8.75. The quantitative estimate of drug-likeness (QED) is 0.565. The van der Waals surface area contributed by atoms with Crippen molar-refractivity contribution in [3.63, 3.8) is 0 Å². The highest BCUT2D eigenvalue weighted by molar-refractivity contribution is 5.66. The third-order valence-corrected chi connectivity index (χ3v) is 3.61. The number of aliphatic carboxylic acids is 1. The molecule has 0 saturated carbocycles. The molecule has 1 aromatic carbocycles. The van der Waals surface area contributed by atoms with Crippen molar-refractivity contribution in [2.24, 2.45) is 0 Å². The predicted molar refractivity (Wildman–Crippen MR) is 95.6 cm³/mol. The number of methoxy groups -OCH3 is 2. The highest BCUT2D eigenvalue weighted by atomic mass is 16.5. The summed E-state index contributed by atoms with van der Waals surface area (Å²) in [7, 11) is 3.03. The molecular weight excluding hydrogens is 340 g/mol. The summed E-state index contributed by atoms with van der Waals surface area (Å²) in [5.41, 5.74) is 13.0. The molecule has 140 valence electrons. The van der Waals surface area contributed by atoms with E-state index in [0.29, 0.717) is 41.5 Å². The van der Waals surface area contributed by atoms with Crippen molar-refractivity contribution in [3.8, 4) is 17.2 Å². The third kappa shape index (κ3) is 4.88. The van der Waals surface area contributed by atoms with E-state index < -0.39 is 5.97 Å². The first-order valence-electron chi connectivity index (χ1n) is 7.91. The molecule has 0 saturated heterocycles. The number of benzene rings is 1. The van der Waals surface area contributed by atoms with Crippen LogP contribution in [0.3, 0.4) is 0 Å². The lowest BCUT2D eigenvalue weighted by Crippen LogP contribution is -2.06. The molecule has 0 spiro atoms. The van der Waals surface area contributed by atoms with Crippen LogP contribution in [0.15, 0.2) is 18.3 Å². The number of hydrogen-bond donors (Lipinski definition) is 3. The molecule has 0 atom stereocenters. The summed E-state index contributed by atoms with van der Waals surface area (Å²) >= 11 is 0. The Morgan fingerprint density at radius 2 is 1.92 bits per heavy atom. The van der Waals surface area contributed by atoms with E-state index in [-0.39, 0.29) is 19.0 Å². The number of carboxylic acids is 1. The molecular formula is C17H22N4O5. The number of carboxylic acid groups (broad SMARTS) is 1. The first kappa shape index (κ1) is 19.1. The van der Waals surface area contributed by atoms with E-state index in [1.807, 2.05) is 0 Å². The van der Waals surface area contributed by atoms with E-state index in [0.717, 1.165) is 5.56 Å². The van der Waals surface area contributed by atoms with Crippen molar-refractivity contribution in [1.29, 1.82) is 0 Å². The fraction of sp³-hybridized carbons (Fsp3) is 0.353. The van der Waals surface area contributed by atoms with Gasteiger partial charge in [0.15, 0.2) is 11.5 Å². The number of hydrogen-bond acceptors (Lipinski definition) is 8. The highest BCUT2D eigenvalue weighted by Gasteiger charge is 2.15. The smallest absolute Gasteiger partial charge is 0.303 e. The molecule has 0 unspecified atom stereocenters. The van der Waals surface area contributed by atoms with Gasteiger partial charge in [-0.25, -0.2) is 4.98 Å². The van der Waals surface area contributed by atoms with Crippen molar-refractivity contribution in [2.75, 3.05) is 32.3 Å². The number of nitrogen functional groups attached to an aromatic ring is 2. The van der Waals surface area contributed by atoms with E-state index in [2.05, 4.69) is 9.97 Å². The molecule has 0 fully saturated rings. The topological polar surface area (TPSA) is 143 Å². The van der Waals surface area contributed by atoms with Crippen LogP contribution >= 0.6 is 0 Å². The van der Waals surface area contributed by atoms with Crippen LogP contribution in [0.25, 0.3) is 0 Å². The zero-order chi connectivity index (χ0) is 19.1. The van der Waals surface area contributed by atoms with Gasteiger partial charge < -0.3 is 30.8 Å². The number of nitrogens with two attached hydrogens (primary N) is 2. The molecule has 0 aliphatic rings. The van der Waals surface area contributed by atoms with Crippen molar-refractivity contribution in [2.45, 2.75) is 19.3 Å². The number of ether oxygens (including phenoxy) is 3. The van der Waals surface area contributed by atoms with Crippen LogP contribution in [0.5, 0.6) is 17.2 Å². The fourth-order valence-corrected chi connectivity index (χ4v) is 2.39. The van der Waals surface area contributed by atoms with Gasteiger partial charge in [-0.15, -0.1) is 0 Å². The molecule has 2 aromatic rings. The van der Waals surface area contributed by atoms with Crippen molar-refractivity contribution in [1.82, 2.24) is 9.97 Å². The Bertz CT molecular complexity index is 782. The second-order valence-electron chi connectivity index (χ2n) is 5.49. The average molecular weight is 362 g/mol. The van der Waals surface area contributed by atoms with Crippen molar-refractivity contribution < 1.29 is 24.1 Å². The molecule has 0 aliphatic heterocycles. The van der Waals surface area contributed by atoms with Crippen LogP contribution < -0.4 is 25.7 Å². The summed E-state index contributed by atoms with van der Waals surface area (Å²) in [6.45, 7) is 0.238. The summed E-state index contributed by atoms with van der Waals surface area (Å²) in [4.78, 5) is 18.5. The number of rotatable bonds is 9. The molecule has 0 amide bonds. The molecule has 0 aliphatic carbocycles. The monoisotopic (exact) mass is 362 g/mol. The number of nitrogens with zero attached hydrogens (tertiary/aromatic N) is 2. The summed E-state index contributed by atoms with van der Waals surface area (Å²) < 4.78 is 16.4. The Balaban J connectivity index is 2.25. The van der Waals surface area contributed by atoms with Gasteiger partial charge in [0.1, 0.15) is 5.82 Å². The Labute approximate surface area is 150 Å². The van der Waals surface area contributed by atoms with Crippen molar-refractivity contribution in [3.05, 3.63) is 29.5 Å². The SMILES string of the molecule is COc1cc(Cc2cnc(N)nc2N)cc(OCCCC(=O)O)c1OC. The molecule has 0 bridgehead atoms.